The second-order valence-corrected chi connectivity index (χ2v) is 15.6. The van der Waals surface area contributed by atoms with Gasteiger partial charge in [-0.25, -0.2) is 9.36 Å². The lowest BCUT2D eigenvalue weighted by molar-refractivity contribution is -0.147. The Morgan fingerprint density at radius 3 is 1.51 bits per heavy atom. The van der Waals surface area contributed by atoms with Gasteiger partial charge in [-0.15, -0.1) is 0 Å². The molecule has 11 nitrogen and oxygen atoms in total. The summed E-state index contributed by atoms with van der Waals surface area (Å²) in [6.45, 7) is 2.51. The molecule has 0 bridgehead atoms. The summed E-state index contributed by atoms with van der Waals surface area (Å²) in [6, 6.07) is -1.55. The van der Waals surface area contributed by atoms with Gasteiger partial charge < -0.3 is 25.2 Å². The molecule has 0 aliphatic rings. The SMILES string of the molecule is CCC/C=C\CCCCCCCC(=O)OCC(O)COP(=O)(O)OCC(NC(=O)CCCCCCCCCCC/C=C/CCCCCCCC)C(=O)O. The number of amides is 1. The minimum Gasteiger partial charge on any atom is -0.480 e. The number of aliphatic carboxylic acids is 1. The van der Waals surface area contributed by atoms with Crippen molar-refractivity contribution in [3.63, 3.8) is 0 Å². The predicted molar refractivity (Wildman–Crippen MR) is 213 cm³/mol. The summed E-state index contributed by atoms with van der Waals surface area (Å²) in [5.74, 6) is -2.38. The molecule has 0 saturated heterocycles. The molecule has 0 radical (unpaired) electrons. The number of aliphatic hydroxyl groups is 1. The zero-order chi connectivity index (χ0) is 39.3. The first-order valence-electron chi connectivity index (χ1n) is 20.9. The highest BCUT2D eigenvalue weighted by Gasteiger charge is 2.28. The molecule has 0 aliphatic carbocycles. The smallest absolute Gasteiger partial charge is 0.472 e. The first-order chi connectivity index (χ1) is 25.6. The van der Waals surface area contributed by atoms with Crippen LogP contribution in [0.1, 0.15) is 187 Å². The minimum atomic E-state index is -4.75. The Morgan fingerprint density at radius 2 is 1.02 bits per heavy atom. The Morgan fingerprint density at radius 1 is 0.585 bits per heavy atom. The van der Waals surface area contributed by atoms with E-state index in [1.165, 1.54) is 83.5 Å². The third kappa shape index (κ3) is 36.7. The first-order valence-corrected chi connectivity index (χ1v) is 22.4. The van der Waals surface area contributed by atoms with Crippen LogP contribution in [0.3, 0.4) is 0 Å². The molecule has 1 amide bonds. The van der Waals surface area contributed by atoms with E-state index in [1.54, 1.807) is 0 Å². The van der Waals surface area contributed by atoms with Crippen molar-refractivity contribution in [1.82, 2.24) is 5.32 Å². The first kappa shape index (κ1) is 51.0. The maximum absolute atomic E-state index is 12.3. The lowest BCUT2D eigenvalue weighted by Crippen LogP contribution is -2.43. The van der Waals surface area contributed by atoms with Gasteiger partial charge >= 0.3 is 19.8 Å². The summed E-state index contributed by atoms with van der Waals surface area (Å²) in [7, 11) is -4.75. The Hall–Kier alpha value is -2.04. The Labute approximate surface area is 321 Å². The number of ether oxygens (including phenoxy) is 1. The normalized spacial score (nSPS) is 14.0. The topological polar surface area (TPSA) is 169 Å². The minimum absolute atomic E-state index is 0.144. The summed E-state index contributed by atoms with van der Waals surface area (Å²) in [4.78, 5) is 45.8. The number of aliphatic hydroxyl groups excluding tert-OH is 1. The van der Waals surface area contributed by atoms with E-state index in [0.29, 0.717) is 12.8 Å². The molecule has 0 aromatic heterocycles. The lowest BCUT2D eigenvalue weighted by atomic mass is 10.1. The molecule has 0 fully saturated rings. The van der Waals surface area contributed by atoms with Crippen molar-refractivity contribution >= 4 is 25.7 Å². The molecule has 12 heteroatoms. The lowest BCUT2D eigenvalue weighted by Gasteiger charge is -2.18. The van der Waals surface area contributed by atoms with Crippen molar-refractivity contribution in [3.8, 4) is 0 Å². The Balaban J connectivity index is 3.91. The highest BCUT2D eigenvalue weighted by molar-refractivity contribution is 7.47. The summed E-state index contributed by atoms with van der Waals surface area (Å²) in [5, 5.41) is 21.8. The molecular weight excluding hydrogens is 697 g/mol. The number of carboxylic acid groups (broad SMARTS) is 1. The average Bonchev–Trinajstić information content (AvgIpc) is 3.13. The number of allylic oxidation sites excluding steroid dienone is 4. The molecule has 3 atom stereocenters. The van der Waals surface area contributed by atoms with Gasteiger partial charge in [-0.05, 0) is 57.8 Å². The van der Waals surface area contributed by atoms with Gasteiger partial charge in [0.05, 0.1) is 13.2 Å². The van der Waals surface area contributed by atoms with Crippen LogP contribution in [0.4, 0.5) is 0 Å². The third-order valence-electron chi connectivity index (χ3n) is 8.94. The zero-order valence-electron chi connectivity index (χ0n) is 33.3. The summed E-state index contributed by atoms with van der Waals surface area (Å²) in [6.07, 6.45) is 36.4. The zero-order valence-corrected chi connectivity index (χ0v) is 34.2. The number of hydrogen-bond donors (Lipinski definition) is 4. The summed E-state index contributed by atoms with van der Waals surface area (Å²) >= 11 is 0. The fourth-order valence-electron chi connectivity index (χ4n) is 5.66. The fraction of sp³-hybridized carbons (Fsp3) is 0.829. The van der Waals surface area contributed by atoms with Crippen molar-refractivity contribution in [3.05, 3.63) is 24.3 Å². The van der Waals surface area contributed by atoms with Gasteiger partial charge in [0, 0.05) is 12.8 Å². The van der Waals surface area contributed by atoms with Gasteiger partial charge in [0.1, 0.15) is 12.7 Å². The molecule has 0 aliphatic heterocycles. The van der Waals surface area contributed by atoms with E-state index in [2.05, 4.69) is 43.5 Å². The molecule has 0 aromatic rings. The predicted octanol–water partition coefficient (Wildman–Crippen LogP) is 10.3. The Bertz CT molecular complexity index is 1010. The van der Waals surface area contributed by atoms with Gasteiger partial charge in [0.2, 0.25) is 5.91 Å². The molecule has 53 heavy (non-hydrogen) atoms. The molecule has 0 aromatic carbocycles. The molecule has 3 unspecified atom stereocenters. The van der Waals surface area contributed by atoms with Crippen molar-refractivity contribution in [1.29, 1.82) is 0 Å². The second kappa shape index (κ2) is 36.9. The number of hydrogen-bond acceptors (Lipinski definition) is 8. The molecule has 0 saturated carbocycles. The molecule has 0 rings (SSSR count). The number of esters is 1. The maximum atomic E-state index is 12.3. The monoisotopic (exact) mass is 774 g/mol. The van der Waals surface area contributed by atoms with Crippen LogP contribution in [0.15, 0.2) is 24.3 Å². The summed E-state index contributed by atoms with van der Waals surface area (Å²) in [5.41, 5.74) is 0. The number of carbonyl (C=O) groups excluding carboxylic acids is 2. The highest BCUT2D eigenvalue weighted by Crippen LogP contribution is 2.43. The van der Waals surface area contributed by atoms with Crippen LogP contribution in [0.25, 0.3) is 0 Å². The van der Waals surface area contributed by atoms with E-state index in [-0.39, 0.29) is 12.8 Å². The van der Waals surface area contributed by atoms with E-state index in [4.69, 9.17) is 13.8 Å². The van der Waals surface area contributed by atoms with Crippen molar-refractivity contribution in [2.45, 2.75) is 199 Å². The molecule has 0 heterocycles. The van der Waals surface area contributed by atoms with Crippen LogP contribution in [0.2, 0.25) is 0 Å². The van der Waals surface area contributed by atoms with Gasteiger partial charge in [-0.3, -0.25) is 18.6 Å². The number of unbranched alkanes of at least 4 members (excludes halogenated alkanes) is 21. The Kier molecular flexibility index (Phi) is 35.5. The number of rotatable bonds is 39. The standard InChI is InChI=1S/C41H76NO10P/c1-3-5-7-9-11-13-15-16-17-18-19-20-21-22-23-24-26-28-30-32-39(44)42-38(41(46)47)36-52-53(48,49)51-35-37(43)34-50-40(45)33-31-29-27-25-14-12-10-8-6-4-2/h8,10,16-17,37-38,43H,3-7,9,11-15,18-36H2,1-2H3,(H,42,44)(H,46,47)(H,48,49)/b10-8-,17-16+. The maximum Gasteiger partial charge on any atom is 0.472 e. The van der Waals surface area contributed by atoms with Gasteiger partial charge in [0.15, 0.2) is 6.04 Å². The number of carbonyl (C=O) groups is 3. The van der Waals surface area contributed by atoms with Gasteiger partial charge in [-0.1, -0.05) is 141 Å². The van der Waals surface area contributed by atoms with Gasteiger partial charge in [-0.2, -0.15) is 0 Å². The quantitative estimate of drug-likeness (QED) is 0.0204. The van der Waals surface area contributed by atoms with E-state index in [0.717, 1.165) is 64.2 Å². The van der Waals surface area contributed by atoms with Crippen LogP contribution < -0.4 is 5.32 Å². The van der Waals surface area contributed by atoms with Crippen LogP contribution in [-0.4, -0.2) is 64.9 Å². The van der Waals surface area contributed by atoms with Crippen LogP contribution in [0.5, 0.6) is 0 Å². The van der Waals surface area contributed by atoms with Crippen molar-refractivity contribution in [2.24, 2.45) is 0 Å². The third-order valence-corrected chi connectivity index (χ3v) is 9.89. The largest absolute Gasteiger partial charge is 0.480 e. The van der Waals surface area contributed by atoms with Crippen LogP contribution in [0, 0.1) is 0 Å². The highest BCUT2D eigenvalue weighted by atomic mass is 31.2. The van der Waals surface area contributed by atoms with E-state index >= 15 is 0 Å². The number of phosphoric acid groups is 1. The van der Waals surface area contributed by atoms with Crippen molar-refractivity contribution in [2.75, 3.05) is 19.8 Å². The van der Waals surface area contributed by atoms with E-state index in [1.807, 2.05) is 0 Å². The molecule has 4 N–H and O–H groups in total. The molecule has 310 valence electrons. The number of phosphoric ester groups is 1. The average molecular weight is 774 g/mol. The van der Waals surface area contributed by atoms with E-state index < -0.39 is 57.6 Å². The second-order valence-electron chi connectivity index (χ2n) is 14.2. The van der Waals surface area contributed by atoms with Crippen LogP contribution in [-0.2, 0) is 32.7 Å². The van der Waals surface area contributed by atoms with Crippen molar-refractivity contribution < 1.29 is 47.8 Å². The van der Waals surface area contributed by atoms with E-state index in [9.17, 15) is 34.1 Å². The van der Waals surface area contributed by atoms with Gasteiger partial charge in [0.25, 0.3) is 0 Å². The number of carboxylic acids is 1. The number of nitrogens with one attached hydrogen (secondary N) is 1. The van der Waals surface area contributed by atoms with Crippen LogP contribution >= 0.6 is 7.82 Å². The summed E-state index contributed by atoms with van der Waals surface area (Å²) < 4.78 is 26.7. The fourth-order valence-corrected chi connectivity index (χ4v) is 6.44. The molecular formula is C41H76NO10P. The molecule has 0 spiro atoms.